The first-order valence-electron chi connectivity index (χ1n) is 6.72. The second kappa shape index (κ2) is 6.73. The maximum absolute atomic E-state index is 9.77. The molecule has 2 nitrogen and oxygen atoms in total. The van der Waals surface area contributed by atoms with E-state index < -0.39 is 0 Å². The van der Waals surface area contributed by atoms with Crippen molar-refractivity contribution in [1.29, 1.82) is 0 Å². The van der Waals surface area contributed by atoms with E-state index in [1.807, 2.05) is 30.4 Å². The molecule has 0 unspecified atom stereocenters. The second-order valence-corrected chi connectivity index (χ2v) is 5.80. The first kappa shape index (κ1) is 14.1. The lowest BCUT2D eigenvalue weighted by Crippen LogP contribution is -2.19. The number of aliphatic hydroxyl groups excluding tert-OH is 1. The number of likely N-dealkylation sites (N-methyl/N-ethyl adjacent to an activating group) is 1. The molecule has 19 heavy (non-hydrogen) atoms. The first-order chi connectivity index (χ1) is 9.20. The van der Waals surface area contributed by atoms with Gasteiger partial charge in [0.25, 0.3) is 0 Å². The molecule has 102 valence electrons. The van der Waals surface area contributed by atoms with Gasteiger partial charge in [-0.1, -0.05) is 25.1 Å². The average Bonchev–Trinajstić information content (AvgIpc) is 2.97. The summed E-state index contributed by atoms with van der Waals surface area (Å²) in [6.45, 7) is 3.00. The van der Waals surface area contributed by atoms with E-state index in [1.54, 1.807) is 0 Å². The Morgan fingerprint density at radius 2 is 1.95 bits per heavy atom. The number of hydrogen-bond acceptors (Lipinski definition) is 3. The summed E-state index contributed by atoms with van der Waals surface area (Å²) in [5.74, 6) is 0. The van der Waals surface area contributed by atoms with Crippen molar-refractivity contribution in [2.24, 2.45) is 0 Å². The molecule has 2 aromatic rings. The highest BCUT2D eigenvalue weighted by molar-refractivity contribution is 7.09. The summed E-state index contributed by atoms with van der Waals surface area (Å²) >= 11 is 1.81. The van der Waals surface area contributed by atoms with Gasteiger partial charge in [0.2, 0.25) is 0 Å². The molecule has 0 saturated heterocycles. The van der Waals surface area contributed by atoms with Crippen molar-refractivity contribution in [2.45, 2.75) is 25.9 Å². The molecule has 1 heterocycles. The summed E-state index contributed by atoms with van der Waals surface area (Å²) in [4.78, 5) is 3.67. The van der Waals surface area contributed by atoms with Crippen LogP contribution in [-0.2, 0) is 6.42 Å². The summed E-state index contributed by atoms with van der Waals surface area (Å²) in [5, 5.41) is 11.9. The largest absolute Gasteiger partial charge is 0.388 e. The van der Waals surface area contributed by atoms with E-state index >= 15 is 0 Å². The van der Waals surface area contributed by atoms with Crippen LogP contribution in [0, 0.1) is 0 Å². The molecular weight excluding hydrogens is 254 g/mol. The molecule has 0 aliphatic heterocycles. The smallest absolute Gasteiger partial charge is 0.0787 e. The molecule has 1 N–H and O–H groups in total. The predicted molar refractivity (Wildman–Crippen MR) is 83.0 cm³/mol. The van der Waals surface area contributed by atoms with E-state index in [-0.39, 0.29) is 6.10 Å². The third-order valence-electron chi connectivity index (χ3n) is 3.38. The molecule has 1 atom stereocenters. The Labute approximate surface area is 119 Å². The highest BCUT2D eigenvalue weighted by atomic mass is 32.1. The lowest BCUT2D eigenvalue weighted by atomic mass is 10.1. The standard InChI is InChI=1S/C16H21NOS/c1-3-16(18)13-6-8-14(9-7-13)17(2)11-10-15-5-4-12-19-15/h4-9,12,16,18H,3,10-11H2,1-2H3/t16-/m1/s1. The molecule has 3 heteroatoms. The van der Waals surface area contributed by atoms with Crippen LogP contribution < -0.4 is 4.90 Å². The van der Waals surface area contributed by atoms with E-state index in [2.05, 4.69) is 41.6 Å². The Morgan fingerprint density at radius 3 is 2.53 bits per heavy atom. The zero-order valence-corrected chi connectivity index (χ0v) is 12.4. The number of thiophene rings is 1. The van der Waals surface area contributed by atoms with Crippen molar-refractivity contribution >= 4 is 17.0 Å². The SMILES string of the molecule is CC[C@@H](O)c1ccc(N(C)CCc2cccs2)cc1. The quantitative estimate of drug-likeness (QED) is 0.865. The van der Waals surface area contributed by atoms with Gasteiger partial charge in [-0.2, -0.15) is 0 Å². The summed E-state index contributed by atoms with van der Waals surface area (Å²) in [5.41, 5.74) is 2.20. The predicted octanol–water partition coefficient (Wildman–Crippen LogP) is 3.87. The Bertz CT molecular complexity index is 478. The van der Waals surface area contributed by atoms with E-state index in [0.29, 0.717) is 0 Å². The first-order valence-corrected chi connectivity index (χ1v) is 7.60. The van der Waals surface area contributed by atoms with Crippen LogP contribution in [0.15, 0.2) is 41.8 Å². The number of benzene rings is 1. The minimum absolute atomic E-state index is 0.342. The van der Waals surface area contributed by atoms with E-state index in [0.717, 1.165) is 24.9 Å². The van der Waals surface area contributed by atoms with Crippen LogP contribution in [0.2, 0.25) is 0 Å². The molecule has 0 aliphatic carbocycles. The molecular formula is C16H21NOS. The fourth-order valence-electron chi connectivity index (χ4n) is 2.05. The molecule has 0 spiro atoms. The maximum Gasteiger partial charge on any atom is 0.0787 e. The van der Waals surface area contributed by atoms with Gasteiger partial charge in [-0.05, 0) is 42.0 Å². The Hall–Kier alpha value is -1.32. The van der Waals surface area contributed by atoms with Crippen molar-refractivity contribution in [3.8, 4) is 0 Å². The van der Waals surface area contributed by atoms with Gasteiger partial charge < -0.3 is 10.0 Å². The Kier molecular flexibility index (Phi) is 5.00. The number of rotatable bonds is 6. The molecule has 0 radical (unpaired) electrons. The van der Waals surface area contributed by atoms with Gasteiger partial charge in [0.1, 0.15) is 0 Å². The van der Waals surface area contributed by atoms with E-state index in [4.69, 9.17) is 0 Å². The third-order valence-corrected chi connectivity index (χ3v) is 4.32. The molecule has 1 aromatic heterocycles. The van der Waals surface area contributed by atoms with Crippen LogP contribution in [-0.4, -0.2) is 18.7 Å². The molecule has 1 aromatic carbocycles. The minimum atomic E-state index is -0.342. The molecule has 0 aliphatic rings. The summed E-state index contributed by atoms with van der Waals surface area (Å²) in [7, 11) is 2.11. The number of anilines is 1. The van der Waals surface area contributed by atoms with Crippen molar-refractivity contribution in [1.82, 2.24) is 0 Å². The van der Waals surface area contributed by atoms with Crippen LogP contribution in [0.25, 0.3) is 0 Å². The van der Waals surface area contributed by atoms with Crippen LogP contribution in [0.4, 0.5) is 5.69 Å². The van der Waals surface area contributed by atoms with E-state index in [9.17, 15) is 5.11 Å². The minimum Gasteiger partial charge on any atom is -0.388 e. The van der Waals surface area contributed by atoms with E-state index in [1.165, 1.54) is 10.6 Å². The van der Waals surface area contributed by atoms with Crippen LogP contribution >= 0.6 is 11.3 Å². The van der Waals surface area contributed by atoms with Crippen LogP contribution in [0.1, 0.15) is 29.9 Å². The van der Waals surface area contributed by atoms with Gasteiger partial charge in [0.05, 0.1) is 6.10 Å². The normalized spacial score (nSPS) is 12.4. The number of nitrogens with zero attached hydrogens (tertiary/aromatic N) is 1. The molecule has 0 saturated carbocycles. The Morgan fingerprint density at radius 1 is 1.21 bits per heavy atom. The zero-order valence-electron chi connectivity index (χ0n) is 11.5. The molecule has 0 fully saturated rings. The average molecular weight is 275 g/mol. The van der Waals surface area contributed by atoms with Crippen molar-refractivity contribution in [3.05, 3.63) is 52.2 Å². The fraction of sp³-hybridized carbons (Fsp3) is 0.375. The van der Waals surface area contributed by atoms with Gasteiger partial charge in [-0.15, -0.1) is 11.3 Å². The van der Waals surface area contributed by atoms with Gasteiger partial charge in [0, 0.05) is 24.2 Å². The lowest BCUT2D eigenvalue weighted by molar-refractivity contribution is 0.173. The van der Waals surface area contributed by atoms with Gasteiger partial charge in [-0.3, -0.25) is 0 Å². The molecule has 0 bridgehead atoms. The highest BCUT2D eigenvalue weighted by Gasteiger charge is 2.06. The Balaban J connectivity index is 1.93. The molecule has 0 amide bonds. The van der Waals surface area contributed by atoms with Crippen molar-refractivity contribution in [2.75, 3.05) is 18.5 Å². The van der Waals surface area contributed by atoms with Crippen molar-refractivity contribution < 1.29 is 5.11 Å². The monoisotopic (exact) mass is 275 g/mol. The summed E-state index contributed by atoms with van der Waals surface area (Å²) in [6.07, 6.45) is 1.49. The summed E-state index contributed by atoms with van der Waals surface area (Å²) in [6, 6.07) is 12.5. The van der Waals surface area contributed by atoms with Crippen LogP contribution in [0.3, 0.4) is 0 Å². The lowest BCUT2D eigenvalue weighted by Gasteiger charge is -2.19. The van der Waals surface area contributed by atoms with Gasteiger partial charge in [-0.25, -0.2) is 0 Å². The number of hydrogen-bond donors (Lipinski definition) is 1. The maximum atomic E-state index is 9.77. The molecule has 2 rings (SSSR count). The highest BCUT2D eigenvalue weighted by Crippen LogP contribution is 2.21. The second-order valence-electron chi connectivity index (χ2n) is 4.77. The third kappa shape index (κ3) is 3.82. The van der Waals surface area contributed by atoms with Gasteiger partial charge >= 0.3 is 0 Å². The fourth-order valence-corrected chi connectivity index (χ4v) is 2.75. The number of aliphatic hydroxyl groups is 1. The van der Waals surface area contributed by atoms with Crippen LogP contribution in [0.5, 0.6) is 0 Å². The zero-order chi connectivity index (χ0) is 13.7. The topological polar surface area (TPSA) is 23.5 Å². The van der Waals surface area contributed by atoms with Gasteiger partial charge in [0.15, 0.2) is 0 Å². The summed E-state index contributed by atoms with van der Waals surface area (Å²) < 4.78 is 0. The van der Waals surface area contributed by atoms with Crippen molar-refractivity contribution in [3.63, 3.8) is 0 Å².